The molecular weight excluding hydrogens is 288 g/mol. The number of benzene rings is 2. The van der Waals surface area contributed by atoms with Gasteiger partial charge in [-0.2, -0.15) is 0 Å². The number of fused-ring (bicyclic) bond motifs is 1. The molecule has 0 atom stereocenters. The second-order valence-electron chi connectivity index (χ2n) is 4.71. The number of nitrogens with one attached hydrogen (secondary N) is 1. The number of para-hydroxylation sites is 1. The van der Waals surface area contributed by atoms with Crippen molar-refractivity contribution in [1.29, 1.82) is 0 Å². The molecule has 0 aliphatic rings. The largest absolute Gasteiger partial charge is 0.384 e. The zero-order valence-electron chi connectivity index (χ0n) is 11.2. The van der Waals surface area contributed by atoms with Gasteiger partial charge in [-0.1, -0.05) is 29.8 Å². The third kappa shape index (κ3) is 2.94. The number of nitrogens with zero attached hydrogens (tertiary/aromatic N) is 1. The van der Waals surface area contributed by atoms with Crippen molar-refractivity contribution in [3.05, 3.63) is 58.1 Å². The van der Waals surface area contributed by atoms with Crippen LogP contribution < -0.4 is 5.32 Å². The van der Waals surface area contributed by atoms with Gasteiger partial charge in [0.2, 0.25) is 0 Å². The summed E-state index contributed by atoms with van der Waals surface area (Å²) in [4.78, 5) is 4.63. The summed E-state index contributed by atoms with van der Waals surface area (Å²) in [6.45, 7) is 3.00. The minimum Gasteiger partial charge on any atom is -0.384 e. The van der Waals surface area contributed by atoms with Crippen LogP contribution in [0.4, 0.5) is 5.69 Å². The summed E-state index contributed by atoms with van der Waals surface area (Å²) < 4.78 is 1.16. The maximum Gasteiger partial charge on any atom is 0.0956 e. The van der Waals surface area contributed by atoms with Gasteiger partial charge in [-0.05, 0) is 36.8 Å². The lowest BCUT2D eigenvalue weighted by Gasteiger charge is -2.07. The molecule has 1 aromatic heterocycles. The van der Waals surface area contributed by atoms with Crippen molar-refractivity contribution in [2.45, 2.75) is 13.3 Å². The van der Waals surface area contributed by atoms with Gasteiger partial charge in [0, 0.05) is 23.7 Å². The number of hydrogen-bond acceptors (Lipinski definition) is 3. The fraction of sp³-hybridized carbons (Fsp3) is 0.188. The summed E-state index contributed by atoms with van der Waals surface area (Å²) in [6, 6.07) is 14.2. The summed E-state index contributed by atoms with van der Waals surface area (Å²) in [5.41, 5.74) is 3.49. The Balaban J connectivity index is 1.67. The first-order chi connectivity index (χ1) is 9.72. The van der Waals surface area contributed by atoms with Crippen LogP contribution in [0.3, 0.4) is 0 Å². The highest BCUT2D eigenvalue weighted by Crippen LogP contribution is 2.25. The van der Waals surface area contributed by atoms with Gasteiger partial charge in [-0.25, -0.2) is 4.98 Å². The molecule has 0 fully saturated rings. The van der Waals surface area contributed by atoms with Crippen LogP contribution in [-0.4, -0.2) is 11.5 Å². The Hall–Kier alpha value is -1.58. The number of halogens is 1. The Morgan fingerprint density at radius 3 is 2.90 bits per heavy atom. The quantitative estimate of drug-likeness (QED) is 0.740. The van der Waals surface area contributed by atoms with E-state index in [0.717, 1.165) is 33.2 Å². The molecule has 20 heavy (non-hydrogen) atoms. The molecule has 2 nitrogen and oxygen atoms in total. The molecule has 4 heteroatoms. The molecule has 0 radical (unpaired) electrons. The molecule has 0 aliphatic heterocycles. The van der Waals surface area contributed by atoms with Crippen molar-refractivity contribution in [3.8, 4) is 0 Å². The molecule has 1 heterocycles. The van der Waals surface area contributed by atoms with Gasteiger partial charge in [0.15, 0.2) is 0 Å². The maximum atomic E-state index is 6.00. The predicted octanol–water partition coefficient (Wildman–Crippen LogP) is 4.91. The van der Waals surface area contributed by atoms with Crippen molar-refractivity contribution in [3.63, 3.8) is 0 Å². The number of aryl methyl sites for hydroxylation is 1. The van der Waals surface area contributed by atoms with Gasteiger partial charge >= 0.3 is 0 Å². The van der Waals surface area contributed by atoms with Crippen LogP contribution >= 0.6 is 22.9 Å². The molecule has 102 valence electrons. The first-order valence-electron chi connectivity index (χ1n) is 6.57. The SMILES string of the molecule is Cc1ccccc1NCCc1nc2ccc(Cl)cc2s1. The van der Waals surface area contributed by atoms with Crippen molar-refractivity contribution in [2.24, 2.45) is 0 Å². The van der Waals surface area contributed by atoms with Crippen molar-refractivity contribution in [1.82, 2.24) is 4.98 Å². The lowest BCUT2D eigenvalue weighted by atomic mass is 10.2. The second-order valence-corrected chi connectivity index (χ2v) is 6.26. The van der Waals surface area contributed by atoms with E-state index >= 15 is 0 Å². The standard InChI is InChI=1S/C16H15ClN2S/c1-11-4-2-3-5-13(11)18-9-8-16-19-14-7-6-12(17)10-15(14)20-16/h2-7,10,18H,8-9H2,1H3. The third-order valence-electron chi connectivity index (χ3n) is 3.19. The summed E-state index contributed by atoms with van der Waals surface area (Å²) in [5.74, 6) is 0. The van der Waals surface area contributed by atoms with E-state index in [1.165, 1.54) is 11.3 Å². The molecule has 0 spiro atoms. The Labute approximate surface area is 127 Å². The molecule has 0 amide bonds. The van der Waals surface area contributed by atoms with Crippen LogP contribution in [0.5, 0.6) is 0 Å². The molecule has 3 aromatic rings. The molecule has 0 saturated heterocycles. The van der Waals surface area contributed by atoms with E-state index in [9.17, 15) is 0 Å². The van der Waals surface area contributed by atoms with Gasteiger partial charge in [0.05, 0.1) is 15.2 Å². The van der Waals surface area contributed by atoms with E-state index in [2.05, 4.69) is 41.5 Å². The highest BCUT2D eigenvalue weighted by Gasteiger charge is 2.04. The van der Waals surface area contributed by atoms with E-state index in [4.69, 9.17) is 11.6 Å². The lowest BCUT2D eigenvalue weighted by Crippen LogP contribution is -2.05. The van der Waals surface area contributed by atoms with Crippen LogP contribution in [0.1, 0.15) is 10.6 Å². The molecule has 1 N–H and O–H groups in total. The van der Waals surface area contributed by atoms with Crippen LogP contribution in [0.2, 0.25) is 5.02 Å². The smallest absolute Gasteiger partial charge is 0.0956 e. The first kappa shape index (κ1) is 13.4. The fourth-order valence-corrected chi connectivity index (χ4v) is 3.37. The molecule has 0 saturated carbocycles. The summed E-state index contributed by atoms with van der Waals surface area (Å²) in [6.07, 6.45) is 0.922. The van der Waals surface area contributed by atoms with Crippen molar-refractivity contribution < 1.29 is 0 Å². The van der Waals surface area contributed by atoms with E-state index in [0.29, 0.717) is 0 Å². The minimum atomic E-state index is 0.769. The lowest BCUT2D eigenvalue weighted by molar-refractivity contribution is 1.00. The second kappa shape index (κ2) is 5.81. The zero-order chi connectivity index (χ0) is 13.9. The molecule has 0 aliphatic carbocycles. The predicted molar refractivity (Wildman–Crippen MR) is 88.0 cm³/mol. The Bertz CT molecular complexity index is 736. The molecule has 2 aromatic carbocycles. The first-order valence-corrected chi connectivity index (χ1v) is 7.76. The minimum absolute atomic E-state index is 0.769. The van der Waals surface area contributed by atoms with Gasteiger partial charge in [-0.3, -0.25) is 0 Å². The average molecular weight is 303 g/mol. The van der Waals surface area contributed by atoms with Gasteiger partial charge in [0.25, 0.3) is 0 Å². The van der Waals surface area contributed by atoms with Crippen LogP contribution in [-0.2, 0) is 6.42 Å². The van der Waals surface area contributed by atoms with Crippen LogP contribution in [0, 0.1) is 6.92 Å². The van der Waals surface area contributed by atoms with Crippen molar-refractivity contribution in [2.75, 3.05) is 11.9 Å². The van der Waals surface area contributed by atoms with Gasteiger partial charge in [0.1, 0.15) is 0 Å². The van der Waals surface area contributed by atoms with Crippen molar-refractivity contribution >= 4 is 38.8 Å². The van der Waals surface area contributed by atoms with Crippen LogP contribution in [0.25, 0.3) is 10.2 Å². The normalized spacial score (nSPS) is 10.9. The molecular formula is C16H15ClN2S. The highest BCUT2D eigenvalue weighted by atomic mass is 35.5. The number of aromatic nitrogens is 1. The monoisotopic (exact) mass is 302 g/mol. The van der Waals surface area contributed by atoms with Gasteiger partial charge in [-0.15, -0.1) is 11.3 Å². The van der Waals surface area contributed by atoms with E-state index in [-0.39, 0.29) is 0 Å². The average Bonchev–Trinajstić information content (AvgIpc) is 2.83. The topological polar surface area (TPSA) is 24.9 Å². The number of rotatable bonds is 4. The van der Waals surface area contributed by atoms with Gasteiger partial charge < -0.3 is 5.32 Å². The Kier molecular flexibility index (Phi) is 3.90. The maximum absolute atomic E-state index is 6.00. The summed E-state index contributed by atoms with van der Waals surface area (Å²) >= 11 is 7.71. The molecule has 0 unspecified atom stereocenters. The summed E-state index contributed by atoms with van der Waals surface area (Å²) in [5, 5.41) is 5.37. The van der Waals surface area contributed by atoms with E-state index in [1.807, 2.05) is 18.2 Å². The number of hydrogen-bond donors (Lipinski definition) is 1. The number of anilines is 1. The van der Waals surface area contributed by atoms with Crippen LogP contribution in [0.15, 0.2) is 42.5 Å². The number of thiazole rings is 1. The fourth-order valence-electron chi connectivity index (χ4n) is 2.13. The zero-order valence-corrected chi connectivity index (χ0v) is 12.8. The Morgan fingerprint density at radius 1 is 1.20 bits per heavy atom. The molecule has 3 rings (SSSR count). The highest BCUT2D eigenvalue weighted by molar-refractivity contribution is 7.18. The summed E-state index contributed by atoms with van der Waals surface area (Å²) in [7, 11) is 0. The Morgan fingerprint density at radius 2 is 2.05 bits per heavy atom. The third-order valence-corrected chi connectivity index (χ3v) is 4.51. The van der Waals surface area contributed by atoms with E-state index < -0.39 is 0 Å². The molecule has 0 bridgehead atoms. The van der Waals surface area contributed by atoms with E-state index in [1.54, 1.807) is 11.3 Å².